The third-order valence-electron chi connectivity index (χ3n) is 2.01. The highest BCUT2D eigenvalue weighted by Gasteiger charge is 2.02. The van der Waals surface area contributed by atoms with Crippen molar-refractivity contribution in [1.82, 2.24) is 4.98 Å². The van der Waals surface area contributed by atoms with E-state index in [1.165, 1.54) is 12.3 Å². The van der Waals surface area contributed by atoms with Crippen LogP contribution in [0.25, 0.3) is 0 Å². The fraction of sp³-hybridized carbons (Fsp3) is 0.500. The van der Waals surface area contributed by atoms with E-state index in [-0.39, 0.29) is 5.56 Å². The zero-order valence-electron chi connectivity index (χ0n) is 10.1. The number of carbonyl (C=O) groups is 1. The number of hydrogen-bond donors (Lipinski definition) is 2. The van der Waals surface area contributed by atoms with E-state index in [0.29, 0.717) is 24.9 Å². The molecule has 1 heterocycles. The van der Waals surface area contributed by atoms with Crippen LogP contribution in [0.4, 0.5) is 5.82 Å². The molecule has 0 radical (unpaired) electrons. The first-order chi connectivity index (χ1) is 8.09. The van der Waals surface area contributed by atoms with E-state index in [1.54, 1.807) is 6.07 Å². The van der Waals surface area contributed by atoms with E-state index >= 15 is 0 Å². The van der Waals surface area contributed by atoms with E-state index in [4.69, 9.17) is 9.84 Å². The number of pyridine rings is 1. The van der Waals surface area contributed by atoms with Crippen molar-refractivity contribution in [1.29, 1.82) is 0 Å². The Morgan fingerprint density at radius 3 is 2.82 bits per heavy atom. The molecule has 0 saturated carbocycles. The van der Waals surface area contributed by atoms with Gasteiger partial charge in [0.2, 0.25) is 0 Å². The number of nitrogens with zero attached hydrogens (tertiary/aromatic N) is 1. The summed E-state index contributed by atoms with van der Waals surface area (Å²) in [6, 6.07) is 3.17. The van der Waals surface area contributed by atoms with Crippen LogP contribution >= 0.6 is 0 Å². The Kier molecular flexibility index (Phi) is 5.42. The molecule has 0 amide bonds. The van der Waals surface area contributed by atoms with Crippen molar-refractivity contribution in [3.8, 4) is 0 Å². The number of aromatic nitrogens is 1. The summed E-state index contributed by atoms with van der Waals surface area (Å²) >= 11 is 0. The molecule has 0 aliphatic rings. The van der Waals surface area contributed by atoms with Crippen LogP contribution in [-0.2, 0) is 4.74 Å². The molecule has 0 unspecified atom stereocenters. The van der Waals surface area contributed by atoms with Crippen molar-refractivity contribution in [2.75, 3.05) is 25.1 Å². The molecule has 1 aromatic rings. The van der Waals surface area contributed by atoms with Gasteiger partial charge in [-0.25, -0.2) is 9.78 Å². The van der Waals surface area contributed by atoms with Crippen LogP contribution in [0.1, 0.15) is 24.2 Å². The second-order valence-corrected chi connectivity index (χ2v) is 4.13. The van der Waals surface area contributed by atoms with Gasteiger partial charge in [-0.2, -0.15) is 0 Å². The molecule has 0 aliphatic heterocycles. The number of anilines is 1. The minimum absolute atomic E-state index is 0.187. The summed E-state index contributed by atoms with van der Waals surface area (Å²) in [4.78, 5) is 14.6. The Bertz CT molecular complexity index is 349. The minimum Gasteiger partial charge on any atom is -0.478 e. The van der Waals surface area contributed by atoms with Gasteiger partial charge in [-0.15, -0.1) is 0 Å². The fourth-order valence-corrected chi connectivity index (χ4v) is 1.20. The summed E-state index contributed by atoms with van der Waals surface area (Å²) in [5.41, 5.74) is 0.187. The molecular weight excluding hydrogens is 220 g/mol. The Morgan fingerprint density at radius 2 is 2.29 bits per heavy atom. The number of rotatable bonds is 7. The highest BCUT2D eigenvalue weighted by atomic mass is 16.5. The molecular formula is C12H18N2O3. The lowest BCUT2D eigenvalue weighted by Gasteiger charge is -2.08. The van der Waals surface area contributed by atoms with Crippen molar-refractivity contribution in [2.24, 2.45) is 5.92 Å². The van der Waals surface area contributed by atoms with Gasteiger partial charge in [-0.3, -0.25) is 0 Å². The van der Waals surface area contributed by atoms with Gasteiger partial charge in [0.25, 0.3) is 0 Å². The van der Waals surface area contributed by atoms with Crippen molar-refractivity contribution in [3.05, 3.63) is 23.9 Å². The second-order valence-electron chi connectivity index (χ2n) is 4.13. The molecule has 0 bridgehead atoms. The summed E-state index contributed by atoms with van der Waals surface area (Å²) in [5.74, 6) is 0.218. The maximum absolute atomic E-state index is 10.6. The molecule has 17 heavy (non-hydrogen) atoms. The lowest BCUT2D eigenvalue weighted by molar-refractivity contribution is 0.0696. The molecule has 5 nitrogen and oxygen atoms in total. The molecule has 94 valence electrons. The molecule has 1 rings (SSSR count). The van der Waals surface area contributed by atoms with Crippen LogP contribution in [0.15, 0.2) is 18.3 Å². The number of ether oxygens (including phenoxy) is 1. The topological polar surface area (TPSA) is 71.5 Å². The molecule has 0 fully saturated rings. The third-order valence-corrected chi connectivity index (χ3v) is 2.01. The zero-order valence-corrected chi connectivity index (χ0v) is 10.1. The first kappa shape index (κ1) is 13.4. The van der Waals surface area contributed by atoms with Gasteiger partial charge < -0.3 is 15.2 Å². The second kappa shape index (κ2) is 6.85. The molecule has 0 atom stereocenters. The van der Waals surface area contributed by atoms with Crippen LogP contribution in [0.2, 0.25) is 0 Å². The zero-order chi connectivity index (χ0) is 12.7. The number of carboxylic acid groups (broad SMARTS) is 1. The van der Waals surface area contributed by atoms with E-state index < -0.39 is 5.97 Å². The Balaban J connectivity index is 2.25. The SMILES string of the molecule is CC(C)COCCNc1ccc(C(=O)O)cn1. The first-order valence-corrected chi connectivity index (χ1v) is 5.60. The highest BCUT2D eigenvalue weighted by molar-refractivity contribution is 5.87. The van der Waals surface area contributed by atoms with Gasteiger partial charge >= 0.3 is 5.97 Å². The number of nitrogens with one attached hydrogen (secondary N) is 1. The normalized spacial score (nSPS) is 10.5. The van der Waals surface area contributed by atoms with E-state index in [0.717, 1.165) is 6.61 Å². The summed E-state index contributed by atoms with van der Waals surface area (Å²) < 4.78 is 5.39. The van der Waals surface area contributed by atoms with Gasteiger partial charge in [-0.1, -0.05) is 13.8 Å². The smallest absolute Gasteiger partial charge is 0.337 e. The third kappa shape index (κ3) is 5.31. The van der Waals surface area contributed by atoms with Gasteiger partial charge in [-0.05, 0) is 18.1 Å². The lowest BCUT2D eigenvalue weighted by atomic mass is 10.2. The molecule has 2 N–H and O–H groups in total. The van der Waals surface area contributed by atoms with Crippen molar-refractivity contribution in [3.63, 3.8) is 0 Å². The average Bonchev–Trinajstić information content (AvgIpc) is 2.29. The monoisotopic (exact) mass is 238 g/mol. The fourth-order valence-electron chi connectivity index (χ4n) is 1.20. The largest absolute Gasteiger partial charge is 0.478 e. The van der Waals surface area contributed by atoms with Gasteiger partial charge in [0.05, 0.1) is 12.2 Å². The number of hydrogen-bond acceptors (Lipinski definition) is 4. The maximum Gasteiger partial charge on any atom is 0.337 e. The number of carboxylic acids is 1. The standard InChI is InChI=1S/C12H18N2O3/c1-9(2)8-17-6-5-13-11-4-3-10(7-14-11)12(15)16/h3-4,7,9H,5-6,8H2,1-2H3,(H,13,14)(H,15,16). The van der Waals surface area contributed by atoms with E-state index in [2.05, 4.69) is 24.1 Å². The molecule has 1 aromatic heterocycles. The highest BCUT2D eigenvalue weighted by Crippen LogP contribution is 2.04. The minimum atomic E-state index is -0.968. The average molecular weight is 238 g/mol. The van der Waals surface area contributed by atoms with Gasteiger partial charge in [0, 0.05) is 19.3 Å². The predicted molar refractivity (Wildman–Crippen MR) is 65.3 cm³/mol. The van der Waals surface area contributed by atoms with E-state index in [9.17, 15) is 4.79 Å². The lowest BCUT2D eigenvalue weighted by Crippen LogP contribution is -2.13. The van der Waals surface area contributed by atoms with Crippen molar-refractivity contribution >= 4 is 11.8 Å². The van der Waals surface area contributed by atoms with Crippen molar-refractivity contribution < 1.29 is 14.6 Å². The van der Waals surface area contributed by atoms with E-state index in [1.807, 2.05) is 0 Å². The van der Waals surface area contributed by atoms with Crippen LogP contribution in [0, 0.1) is 5.92 Å². The summed E-state index contributed by atoms with van der Waals surface area (Å²) in [6.45, 7) is 6.21. The summed E-state index contributed by atoms with van der Waals surface area (Å²) in [7, 11) is 0. The van der Waals surface area contributed by atoms with Crippen LogP contribution in [0.5, 0.6) is 0 Å². The maximum atomic E-state index is 10.6. The van der Waals surface area contributed by atoms with Crippen LogP contribution in [-0.4, -0.2) is 35.8 Å². The van der Waals surface area contributed by atoms with Gasteiger partial charge in [0.1, 0.15) is 5.82 Å². The van der Waals surface area contributed by atoms with Crippen LogP contribution in [0.3, 0.4) is 0 Å². The Labute approximate surface area is 101 Å². The predicted octanol–water partition coefficient (Wildman–Crippen LogP) is 1.86. The molecule has 0 aliphatic carbocycles. The number of aromatic carboxylic acids is 1. The van der Waals surface area contributed by atoms with Gasteiger partial charge in [0.15, 0.2) is 0 Å². The first-order valence-electron chi connectivity index (χ1n) is 5.60. The molecule has 0 spiro atoms. The summed E-state index contributed by atoms with van der Waals surface area (Å²) in [6.07, 6.45) is 1.33. The quantitative estimate of drug-likeness (QED) is 0.709. The molecule has 0 aromatic carbocycles. The molecule has 5 heteroatoms. The Morgan fingerprint density at radius 1 is 1.53 bits per heavy atom. The van der Waals surface area contributed by atoms with Crippen molar-refractivity contribution in [2.45, 2.75) is 13.8 Å². The van der Waals surface area contributed by atoms with Crippen LogP contribution < -0.4 is 5.32 Å². The molecule has 0 saturated heterocycles. The summed E-state index contributed by atoms with van der Waals surface area (Å²) in [5, 5.41) is 11.7. The Hall–Kier alpha value is -1.62.